The van der Waals surface area contributed by atoms with Crippen LogP contribution in [0.15, 0.2) is 97.7 Å². The normalized spacial score (nSPS) is 21.3. The number of amides is 15. The molecule has 6 aromatic rings. The van der Waals surface area contributed by atoms with Crippen molar-refractivity contribution >= 4 is 138 Å². The molecule has 24 N–H and O–H groups in total. The largest absolute Gasteiger partial charge is 0.481 e. The van der Waals surface area contributed by atoms with Crippen LogP contribution in [0.25, 0.3) is 21.8 Å². The van der Waals surface area contributed by atoms with Gasteiger partial charge in [0, 0.05) is 103 Å². The van der Waals surface area contributed by atoms with Crippen LogP contribution in [0.1, 0.15) is 94.2 Å². The van der Waals surface area contributed by atoms with Crippen LogP contribution < -0.4 is 81.4 Å². The molecule has 113 heavy (non-hydrogen) atoms. The molecule has 0 radical (unpaired) electrons. The molecule has 606 valence electrons. The topological polar surface area (TPSA) is 613 Å². The smallest absolute Gasteiger partial charge is 0.305 e. The number of carboxylic acids is 1. The van der Waals surface area contributed by atoms with Gasteiger partial charge in [-0.25, -0.2) is 4.98 Å². The number of aliphatic hydroxyl groups excluding tert-OH is 1. The molecule has 2 aliphatic rings. The van der Waals surface area contributed by atoms with Gasteiger partial charge in [-0.15, -0.1) is 0 Å². The molecule has 0 unspecified atom stereocenters. The molecular weight excluding hydrogens is 1510 g/mol. The molecule has 5 heterocycles. The number of aliphatic carboxylic acids is 1. The van der Waals surface area contributed by atoms with Gasteiger partial charge in [0.05, 0.1) is 31.7 Å². The average Bonchev–Trinajstić information content (AvgIpc) is 1.84. The third-order valence-corrected chi connectivity index (χ3v) is 21.5. The molecule has 3 aromatic heterocycles. The van der Waals surface area contributed by atoms with Gasteiger partial charge in [0.2, 0.25) is 88.6 Å². The highest BCUT2D eigenvalue weighted by Crippen LogP contribution is 2.27. The van der Waals surface area contributed by atoms with E-state index in [1.807, 2.05) is 0 Å². The molecule has 2 aliphatic heterocycles. The molecule has 3 aromatic carbocycles. The van der Waals surface area contributed by atoms with Gasteiger partial charge >= 0.3 is 5.97 Å². The number of aromatic nitrogens is 4. The van der Waals surface area contributed by atoms with Gasteiger partial charge in [-0.1, -0.05) is 103 Å². The maximum Gasteiger partial charge on any atom is 0.305 e. The number of carboxylic acid groups (broad SMARTS) is 1. The van der Waals surface area contributed by atoms with Crippen LogP contribution in [0.2, 0.25) is 0 Å². The Bertz CT molecular complexity index is 4500. The predicted molar refractivity (Wildman–Crippen MR) is 411 cm³/mol. The van der Waals surface area contributed by atoms with Gasteiger partial charge in [-0.3, -0.25) is 76.7 Å². The SMILES string of the molecule is CC[C@H](C)[C@H](NC(=O)[C@@H](NC(=O)[C@H](Cc1cccc(CN)c1)NC(C)=O)[C@@H](C)O)C(=O)N[C@H]1CSSC[C@@H](C(=O)N[C@@H](Cc2c[nH]c3ccccc23)C(=O)N2CCC[C@H]2C(N)=O)NC(=O)[C@H](CC(=O)O)NC(=O)[C@H](Cc2cnc[nH]2)NC(=O)[C@H](Cc2c[nH]c3ccccc23)NC(=O)[C@H](CC(N)=O)NC(=O)[C@H](CC(N)=O)NC1=O. The number of aliphatic hydroxyl groups is 1. The second-order valence-electron chi connectivity index (χ2n) is 27.6. The number of hydrogen-bond acceptors (Lipinski definition) is 21. The minimum absolute atomic E-state index is 0.0470. The first-order valence-corrected chi connectivity index (χ1v) is 38.8. The number of para-hydroxylation sites is 2. The first-order valence-electron chi connectivity index (χ1n) is 36.3. The minimum Gasteiger partial charge on any atom is -0.481 e. The Hall–Kier alpha value is -11.9. The summed E-state index contributed by atoms with van der Waals surface area (Å²) in [5.41, 5.74) is 26.6. The predicted octanol–water partition coefficient (Wildman–Crippen LogP) is -4.02. The first kappa shape index (κ1) is 86.7. The summed E-state index contributed by atoms with van der Waals surface area (Å²) in [6.07, 6.45) is 0.229. The summed E-state index contributed by atoms with van der Waals surface area (Å²) in [6, 6.07) is -0.335. The number of nitrogens with zero attached hydrogens (tertiary/aromatic N) is 2. The molecule has 2 fully saturated rings. The van der Waals surface area contributed by atoms with Crippen LogP contribution in [0.5, 0.6) is 0 Å². The van der Waals surface area contributed by atoms with Crippen LogP contribution in [-0.4, -0.2) is 226 Å². The second-order valence-corrected chi connectivity index (χ2v) is 30.1. The van der Waals surface area contributed by atoms with Crippen molar-refractivity contribution in [2.24, 2.45) is 28.9 Å². The monoisotopic (exact) mass is 1600 g/mol. The Morgan fingerprint density at radius 3 is 1.73 bits per heavy atom. The summed E-state index contributed by atoms with van der Waals surface area (Å²) >= 11 is 0. The highest BCUT2D eigenvalue weighted by molar-refractivity contribution is 8.76. The number of likely N-dealkylation sites (tertiary alicyclic amines) is 1. The fourth-order valence-electron chi connectivity index (χ4n) is 13.0. The van der Waals surface area contributed by atoms with Crippen LogP contribution in [0, 0.1) is 5.92 Å². The van der Waals surface area contributed by atoms with E-state index < -0.39 is 223 Å². The average molecular weight is 1600 g/mol. The van der Waals surface area contributed by atoms with Crippen molar-refractivity contribution < 1.29 is 86.9 Å². The Morgan fingerprint density at radius 2 is 1.15 bits per heavy atom. The lowest BCUT2D eigenvalue weighted by molar-refractivity contribution is -0.142. The molecule has 14 atom stereocenters. The van der Waals surface area contributed by atoms with Crippen LogP contribution in [-0.2, 0) is 109 Å². The van der Waals surface area contributed by atoms with Crippen molar-refractivity contribution in [3.63, 3.8) is 0 Å². The van der Waals surface area contributed by atoms with E-state index in [9.17, 15) is 63.0 Å². The number of primary amides is 3. The van der Waals surface area contributed by atoms with Crippen molar-refractivity contribution in [2.75, 3.05) is 18.1 Å². The summed E-state index contributed by atoms with van der Waals surface area (Å²) in [5, 5.41) is 50.1. The summed E-state index contributed by atoms with van der Waals surface area (Å²) in [5.74, 6) is -20.2. The van der Waals surface area contributed by atoms with Crippen molar-refractivity contribution in [3.05, 3.63) is 126 Å². The Labute approximate surface area is 654 Å². The lowest BCUT2D eigenvalue weighted by atomic mass is 9.97. The van der Waals surface area contributed by atoms with Gasteiger partial charge in [0.25, 0.3) is 0 Å². The molecule has 0 aliphatic carbocycles. The fraction of sp³-hybridized carbons (Fsp3) is 0.438. The number of nitrogens with two attached hydrogens (primary N) is 4. The number of imidazole rings is 1. The lowest BCUT2D eigenvalue weighted by Crippen LogP contribution is -2.63. The van der Waals surface area contributed by atoms with E-state index in [0.29, 0.717) is 61.3 Å². The number of benzene rings is 3. The minimum atomic E-state index is -2.10. The van der Waals surface area contributed by atoms with Crippen LogP contribution in [0.4, 0.5) is 0 Å². The Morgan fingerprint density at radius 1 is 0.602 bits per heavy atom. The number of nitrogens with one attached hydrogen (secondary N) is 14. The molecule has 8 rings (SSSR count). The summed E-state index contributed by atoms with van der Waals surface area (Å²) < 4.78 is 0. The summed E-state index contributed by atoms with van der Waals surface area (Å²) in [6.45, 7) is 5.69. The number of H-pyrrole nitrogens is 3. The number of carbonyl (C=O) groups excluding carboxylic acids is 15. The van der Waals surface area contributed by atoms with Crippen LogP contribution in [0.3, 0.4) is 0 Å². The Balaban J connectivity index is 1.20. The van der Waals surface area contributed by atoms with E-state index in [1.165, 1.54) is 37.5 Å². The second kappa shape index (κ2) is 40.9. The number of carbonyl (C=O) groups is 16. The quantitative estimate of drug-likeness (QED) is 0.0199. The van der Waals surface area contributed by atoms with Gasteiger partial charge in [0.15, 0.2) is 0 Å². The van der Waals surface area contributed by atoms with Gasteiger partial charge in [0.1, 0.15) is 72.5 Å². The zero-order valence-corrected chi connectivity index (χ0v) is 63.8. The number of hydrogen-bond donors (Lipinski definition) is 20. The van der Waals surface area contributed by atoms with Crippen LogP contribution >= 0.6 is 21.6 Å². The highest BCUT2D eigenvalue weighted by Gasteiger charge is 2.42. The molecule has 15 amide bonds. The van der Waals surface area contributed by atoms with E-state index in [4.69, 9.17) is 22.9 Å². The molecule has 0 saturated carbocycles. The molecular formula is C73H94N20O18S2. The Kier molecular flexibility index (Phi) is 31.3. The fourth-order valence-corrected chi connectivity index (χ4v) is 15.3. The van der Waals surface area contributed by atoms with Crippen molar-refractivity contribution in [1.29, 1.82) is 0 Å². The molecule has 40 heteroatoms. The molecule has 38 nitrogen and oxygen atoms in total. The zero-order valence-electron chi connectivity index (χ0n) is 62.2. The van der Waals surface area contributed by atoms with E-state index in [0.717, 1.165) is 17.7 Å². The maximum absolute atomic E-state index is 15.3. The third kappa shape index (κ3) is 24.5. The van der Waals surface area contributed by atoms with Gasteiger partial charge in [-0.2, -0.15) is 0 Å². The molecule has 0 bridgehead atoms. The van der Waals surface area contributed by atoms with Gasteiger partial charge in [-0.05, 0) is 60.1 Å². The third-order valence-electron chi connectivity index (χ3n) is 19.0. The first-order chi connectivity index (χ1) is 53.8. The number of fused-ring (bicyclic) bond motifs is 2. The standard InChI is InChI=1S/C73H94N20O18S2/c1-5-35(2)60(91-72(110)61(36(3)94)92-68(106)47(82-37(4)95)21-38-12-10-13-39(20-38)28-74)71(109)90-55-33-113-112-32-54(70(108)88-53(73(111)93-19-11-18-56(93)62(77)100)23-41-30-80-46-17-9-7-15-44(41)46)89-67(105)52(27-59(98)99)87-64(102)49(24-42-31-78-34-81-42)84-63(101)48(22-40-29-79-45-16-8-6-14-43(40)45)83-65(103)50(25-57(75)96)85-66(104)51(26-58(76)97)86-69(55)107/h6-10,12-17,20,29-31,34-36,47-56,60-61,79-80,94H,5,11,18-19,21-28,32-33,74H2,1-4H3,(H2,75,96)(H2,76,97)(H2,77,100)(H,78,81)(H,82,95)(H,83,103)(H,84,101)(H,85,104)(H,86,107)(H,87,102)(H,88,108)(H,89,105)(H,90,109)(H,91,110)(H,92,106)(H,98,99)/t35-,36+,47-,48-,49-,50-,51-,52-,53-,54-,55-,56-,60-,61-/m0/s1. The zero-order chi connectivity index (χ0) is 82.3. The summed E-state index contributed by atoms with van der Waals surface area (Å²) in [4.78, 5) is 242. The molecule has 2 saturated heterocycles. The van der Waals surface area contributed by atoms with E-state index in [-0.39, 0.29) is 44.5 Å². The van der Waals surface area contributed by atoms with Crippen molar-refractivity contribution in [3.8, 4) is 0 Å². The number of rotatable bonds is 29. The van der Waals surface area contributed by atoms with E-state index in [2.05, 4.69) is 78.4 Å². The lowest BCUT2D eigenvalue weighted by Gasteiger charge is -2.30. The van der Waals surface area contributed by atoms with Gasteiger partial charge < -0.3 is 111 Å². The number of aromatic amines is 3. The summed E-state index contributed by atoms with van der Waals surface area (Å²) in [7, 11) is 1.43. The van der Waals surface area contributed by atoms with E-state index >= 15 is 24.0 Å². The molecule has 0 spiro atoms. The van der Waals surface area contributed by atoms with Crippen molar-refractivity contribution in [1.82, 2.24) is 83.3 Å². The highest BCUT2D eigenvalue weighted by atomic mass is 33.1. The van der Waals surface area contributed by atoms with Crippen molar-refractivity contribution in [2.45, 2.75) is 177 Å². The van der Waals surface area contributed by atoms with E-state index in [1.54, 1.807) is 85.9 Å². The maximum atomic E-state index is 15.3.